The Hall–Kier alpha value is -0.860. The average molecular weight is 328 g/mol. The number of aliphatic carboxylic acids is 1. The van der Waals surface area contributed by atoms with Crippen molar-refractivity contribution in [2.45, 2.75) is 36.1 Å². The molecule has 0 amide bonds. The monoisotopic (exact) mass is 328 g/mol. The van der Waals surface area contributed by atoms with Gasteiger partial charge in [0.05, 0.1) is 5.75 Å². The first-order valence-corrected chi connectivity index (χ1v) is 9.19. The lowest BCUT2D eigenvalue weighted by Crippen LogP contribution is -2.40. The van der Waals surface area contributed by atoms with Crippen LogP contribution in [0.25, 0.3) is 0 Å². The fourth-order valence-corrected chi connectivity index (χ4v) is 4.61. The number of nitrogens with zero attached hydrogens (tertiary/aromatic N) is 4. The summed E-state index contributed by atoms with van der Waals surface area (Å²) in [6, 6.07) is 0.643. The molecule has 1 atom stereocenters. The van der Waals surface area contributed by atoms with E-state index in [1.165, 1.54) is 61.9 Å². The fourth-order valence-electron chi connectivity index (χ4n) is 3.01. The van der Waals surface area contributed by atoms with Gasteiger partial charge in [0, 0.05) is 19.1 Å². The van der Waals surface area contributed by atoms with Gasteiger partial charge in [-0.15, -0.1) is 10.2 Å². The summed E-state index contributed by atoms with van der Waals surface area (Å²) in [5, 5.41) is 17.9. The lowest BCUT2D eigenvalue weighted by molar-refractivity contribution is -0.133. The zero-order valence-corrected chi connectivity index (χ0v) is 13.5. The van der Waals surface area contributed by atoms with Gasteiger partial charge in [-0.1, -0.05) is 29.5 Å². The largest absolute Gasteiger partial charge is 0.481 e. The molecule has 0 aromatic carbocycles. The third-order valence-corrected chi connectivity index (χ3v) is 6.16. The van der Waals surface area contributed by atoms with Crippen LogP contribution in [0.5, 0.6) is 0 Å². The van der Waals surface area contributed by atoms with Crippen molar-refractivity contribution in [2.24, 2.45) is 0 Å². The van der Waals surface area contributed by atoms with Crippen LogP contribution < -0.4 is 4.90 Å². The zero-order valence-electron chi connectivity index (χ0n) is 11.9. The van der Waals surface area contributed by atoms with E-state index in [4.69, 9.17) is 5.11 Å². The third kappa shape index (κ3) is 3.87. The zero-order chi connectivity index (χ0) is 14.7. The van der Waals surface area contributed by atoms with Crippen LogP contribution in [0.1, 0.15) is 25.7 Å². The van der Waals surface area contributed by atoms with Gasteiger partial charge < -0.3 is 10.0 Å². The molecule has 1 N–H and O–H groups in total. The fraction of sp³-hybridized carbons (Fsp3) is 0.769. The van der Waals surface area contributed by atoms with Gasteiger partial charge in [-0.2, -0.15) is 0 Å². The minimum atomic E-state index is -0.817. The van der Waals surface area contributed by atoms with Crippen molar-refractivity contribution in [3.63, 3.8) is 0 Å². The van der Waals surface area contributed by atoms with Crippen LogP contribution in [-0.2, 0) is 4.79 Å². The van der Waals surface area contributed by atoms with Gasteiger partial charge in [-0.3, -0.25) is 9.69 Å². The summed E-state index contributed by atoms with van der Waals surface area (Å²) in [5.41, 5.74) is 0. The third-order valence-electron chi connectivity index (χ3n) is 4.06. The van der Waals surface area contributed by atoms with Crippen molar-refractivity contribution in [1.82, 2.24) is 15.1 Å². The smallest absolute Gasteiger partial charge is 0.313 e. The molecule has 1 aromatic heterocycles. The maximum Gasteiger partial charge on any atom is 0.313 e. The van der Waals surface area contributed by atoms with Crippen LogP contribution in [0.4, 0.5) is 5.13 Å². The molecule has 2 aliphatic heterocycles. The molecule has 1 unspecified atom stereocenters. The van der Waals surface area contributed by atoms with Crippen molar-refractivity contribution in [3.05, 3.63) is 0 Å². The number of anilines is 1. The minimum Gasteiger partial charge on any atom is -0.481 e. The average Bonchev–Trinajstić information content (AvgIpc) is 3.15. The van der Waals surface area contributed by atoms with Crippen LogP contribution >= 0.6 is 23.1 Å². The Kier molecular flexibility index (Phi) is 4.97. The molecule has 0 bridgehead atoms. The Bertz CT molecular complexity index is 490. The summed E-state index contributed by atoms with van der Waals surface area (Å²) >= 11 is 2.75. The van der Waals surface area contributed by atoms with Crippen LogP contribution in [0.2, 0.25) is 0 Å². The minimum absolute atomic E-state index is 0.0467. The van der Waals surface area contributed by atoms with Crippen molar-refractivity contribution in [2.75, 3.05) is 36.8 Å². The Morgan fingerprint density at radius 1 is 1.29 bits per heavy atom. The van der Waals surface area contributed by atoms with Crippen molar-refractivity contribution in [1.29, 1.82) is 0 Å². The van der Waals surface area contributed by atoms with E-state index in [1.54, 1.807) is 0 Å². The number of carboxylic acid groups (broad SMARTS) is 1. The molecule has 116 valence electrons. The van der Waals surface area contributed by atoms with E-state index < -0.39 is 5.97 Å². The summed E-state index contributed by atoms with van der Waals surface area (Å²) in [6.45, 7) is 4.51. The molecule has 3 heterocycles. The molecular weight excluding hydrogens is 308 g/mol. The molecule has 0 saturated carbocycles. The van der Waals surface area contributed by atoms with Gasteiger partial charge in [-0.05, 0) is 32.4 Å². The topological polar surface area (TPSA) is 69.6 Å². The Labute approximate surface area is 132 Å². The molecule has 3 rings (SSSR count). The van der Waals surface area contributed by atoms with E-state index in [9.17, 15) is 4.79 Å². The molecule has 8 heteroatoms. The SMILES string of the molecule is O=C(O)CSc1nnc(N2CCC(N3CCCCC3)C2)s1. The standard InChI is InChI=1S/C13H20N4O2S2/c18-11(19)9-20-13-15-14-12(21-13)17-7-4-10(8-17)16-5-2-1-3-6-16/h10H,1-9H2,(H,18,19). The molecule has 2 fully saturated rings. The lowest BCUT2D eigenvalue weighted by atomic mass is 10.1. The van der Waals surface area contributed by atoms with Crippen LogP contribution in [0.3, 0.4) is 0 Å². The molecule has 0 spiro atoms. The first kappa shape index (κ1) is 15.1. The number of piperidine rings is 1. The van der Waals surface area contributed by atoms with Crippen molar-refractivity contribution < 1.29 is 9.90 Å². The van der Waals surface area contributed by atoms with Gasteiger partial charge in [0.2, 0.25) is 5.13 Å². The van der Waals surface area contributed by atoms with Gasteiger partial charge in [0.1, 0.15) is 0 Å². The van der Waals surface area contributed by atoms with E-state index >= 15 is 0 Å². The quantitative estimate of drug-likeness (QED) is 0.826. The highest BCUT2D eigenvalue weighted by Crippen LogP contribution is 2.31. The van der Waals surface area contributed by atoms with E-state index in [-0.39, 0.29) is 5.75 Å². The number of likely N-dealkylation sites (tertiary alicyclic amines) is 1. The van der Waals surface area contributed by atoms with Gasteiger partial charge in [0.15, 0.2) is 4.34 Å². The van der Waals surface area contributed by atoms with Gasteiger partial charge in [0.25, 0.3) is 0 Å². The maximum atomic E-state index is 10.6. The summed E-state index contributed by atoms with van der Waals surface area (Å²) in [4.78, 5) is 15.5. The highest BCUT2D eigenvalue weighted by Gasteiger charge is 2.30. The highest BCUT2D eigenvalue weighted by molar-refractivity contribution is 8.01. The number of rotatable bonds is 5. The lowest BCUT2D eigenvalue weighted by Gasteiger charge is -2.32. The number of hydrogen-bond donors (Lipinski definition) is 1. The molecule has 2 aliphatic rings. The van der Waals surface area contributed by atoms with Gasteiger partial charge >= 0.3 is 5.97 Å². The second kappa shape index (κ2) is 6.93. The van der Waals surface area contributed by atoms with E-state index in [0.29, 0.717) is 6.04 Å². The van der Waals surface area contributed by atoms with E-state index in [1.807, 2.05) is 0 Å². The van der Waals surface area contributed by atoms with E-state index in [2.05, 4.69) is 20.0 Å². The predicted molar refractivity (Wildman–Crippen MR) is 84.3 cm³/mol. The highest BCUT2D eigenvalue weighted by atomic mass is 32.2. The summed E-state index contributed by atoms with van der Waals surface area (Å²) in [7, 11) is 0. The number of hydrogen-bond acceptors (Lipinski definition) is 7. The van der Waals surface area contributed by atoms with Crippen LogP contribution in [0.15, 0.2) is 4.34 Å². The first-order valence-electron chi connectivity index (χ1n) is 7.39. The Balaban J connectivity index is 1.54. The molecule has 21 heavy (non-hydrogen) atoms. The molecule has 6 nitrogen and oxygen atoms in total. The van der Waals surface area contributed by atoms with Crippen molar-refractivity contribution in [3.8, 4) is 0 Å². The number of aromatic nitrogens is 2. The van der Waals surface area contributed by atoms with Crippen LogP contribution in [-0.4, -0.2) is 64.1 Å². The summed E-state index contributed by atoms with van der Waals surface area (Å²) in [6.07, 6.45) is 5.21. The summed E-state index contributed by atoms with van der Waals surface area (Å²) in [5.74, 6) is -0.770. The predicted octanol–water partition coefficient (Wildman–Crippen LogP) is 1.78. The van der Waals surface area contributed by atoms with Crippen molar-refractivity contribution >= 4 is 34.2 Å². The van der Waals surface area contributed by atoms with E-state index in [0.717, 1.165) is 22.6 Å². The first-order chi connectivity index (χ1) is 10.2. The van der Waals surface area contributed by atoms with Gasteiger partial charge in [-0.25, -0.2) is 0 Å². The van der Waals surface area contributed by atoms with Crippen LogP contribution in [0, 0.1) is 0 Å². The second-order valence-electron chi connectivity index (χ2n) is 5.52. The summed E-state index contributed by atoms with van der Waals surface area (Å²) < 4.78 is 0.744. The molecular formula is C13H20N4O2S2. The molecule has 0 aliphatic carbocycles. The normalized spacial score (nSPS) is 23.6. The number of thioether (sulfide) groups is 1. The molecule has 2 saturated heterocycles. The maximum absolute atomic E-state index is 10.6. The number of carbonyl (C=O) groups is 1. The molecule has 1 aromatic rings. The molecule has 0 radical (unpaired) electrons. The second-order valence-corrected chi connectivity index (χ2v) is 7.70. The number of carboxylic acids is 1. The Morgan fingerprint density at radius 2 is 2.10 bits per heavy atom. The Morgan fingerprint density at radius 3 is 2.86 bits per heavy atom.